The number of nitrogens with one attached hydrogen (secondary N) is 1. The van der Waals surface area contributed by atoms with Crippen molar-refractivity contribution in [3.8, 4) is 6.07 Å². The van der Waals surface area contributed by atoms with Crippen molar-refractivity contribution in [1.29, 1.82) is 5.26 Å². The number of hydrogen-bond acceptors (Lipinski definition) is 2. The maximum Gasteiger partial charge on any atom is 0.101 e. The summed E-state index contributed by atoms with van der Waals surface area (Å²) in [4.78, 5) is 0. The van der Waals surface area contributed by atoms with Crippen molar-refractivity contribution in [2.45, 2.75) is 0 Å². The van der Waals surface area contributed by atoms with Gasteiger partial charge in [0.1, 0.15) is 6.07 Å². The predicted octanol–water partition coefficient (Wildman–Crippen LogP) is 5.37. The second-order valence-electron chi connectivity index (χ2n) is 3.56. The molecule has 0 saturated heterocycles. The maximum atomic E-state index is 8.80. The molecular formula is C13H7BrCl2N2. The molecule has 0 unspecified atom stereocenters. The maximum absolute atomic E-state index is 8.80. The zero-order valence-electron chi connectivity index (χ0n) is 9.05. The van der Waals surface area contributed by atoms with Crippen LogP contribution in [0, 0.1) is 11.3 Å². The fraction of sp³-hybridized carbons (Fsp3) is 0. The Morgan fingerprint density at radius 3 is 2.50 bits per heavy atom. The van der Waals surface area contributed by atoms with Crippen LogP contribution in [0.5, 0.6) is 0 Å². The third kappa shape index (κ3) is 2.97. The molecule has 1 N–H and O–H groups in total. The van der Waals surface area contributed by atoms with Crippen LogP contribution in [0.25, 0.3) is 0 Å². The minimum atomic E-state index is 0.424. The molecule has 2 aromatic rings. The van der Waals surface area contributed by atoms with Gasteiger partial charge in [0.2, 0.25) is 0 Å². The standard InChI is InChI=1S/C13H7BrCl2N2/c14-11-5-9(15)2-4-13(11)18-10-3-1-8(7-17)12(16)6-10/h1-6,18H. The molecule has 0 amide bonds. The number of nitriles is 1. The second-order valence-corrected chi connectivity index (χ2v) is 5.25. The summed E-state index contributed by atoms with van der Waals surface area (Å²) in [6.07, 6.45) is 0. The summed E-state index contributed by atoms with van der Waals surface area (Å²) in [5.74, 6) is 0. The Bertz CT molecular complexity index is 635. The minimum Gasteiger partial charge on any atom is -0.355 e. The lowest BCUT2D eigenvalue weighted by atomic mass is 10.2. The quantitative estimate of drug-likeness (QED) is 0.796. The average molecular weight is 342 g/mol. The van der Waals surface area contributed by atoms with Gasteiger partial charge in [-0.25, -0.2) is 0 Å². The highest BCUT2D eigenvalue weighted by Gasteiger charge is 2.04. The zero-order valence-corrected chi connectivity index (χ0v) is 12.1. The van der Waals surface area contributed by atoms with Gasteiger partial charge in [-0.05, 0) is 52.3 Å². The Hall–Kier alpha value is -1.21. The van der Waals surface area contributed by atoms with Crippen molar-refractivity contribution in [2.75, 3.05) is 5.32 Å². The molecule has 0 fully saturated rings. The predicted molar refractivity (Wildman–Crippen MR) is 78.6 cm³/mol. The van der Waals surface area contributed by atoms with E-state index < -0.39 is 0 Å². The Balaban J connectivity index is 2.29. The molecule has 0 radical (unpaired) electrons. The van der Waals surface area contributed by atoms with Crippen LogP contribution < -0.4 is 5.32 Å². The number of rotatable bonds is 2. The van der Waals surface area contributed by atoms with E-state index in [4.69, 9.17) is 28.5 Å². The highest BCUT2D eigenvalue weighted by Crippen LogP contribution is 2.30. The highest BCUT2D eigenvalue weighted by molar-refractivity contribution is 9.10. The van der Waals surface area contributed by atoms with Crippen molar-refractivity contribution >= 4 is 50.5 Å². The number of hydrogen-bond donors (Lipinski definition) is 1. The fourth-order valence-electron chi connectivity index (χ4n) is 1.43. The first-order chi connectivity index (χ1) is 8.60. The number of anilines is 2. The van der Waals surface area contributed by atoms with Gasteiger partial charge in [-0.1, -0.05) is 23.2 Å². The van der Waals surface area contributed by atoms with Crippen LogP contribution in [0.4, 0.5) is 11.4 Å². The molecule has 0 aliphatic carbocycles. The topological polar surface area (TPSA) is 35.8 Å². The van der Waals surface area contributed by atoms with Crippen molar-refractivity contribution in [2.24, 2.45) is 0 Å². The summed E-state index contributed by atoms with van der Waals surface area (Å²) in [6.45, 7) is 0. The van der Waals surface area contributed by atoms with Crippen LogP contribution in [-0.2, 0) is 0 Å². The molecule has 2 aromatic carbocycles. The van der Waals surface area contributed by atoms with Crippen molar-refractivity contribution in [3.63, 3.8) is 0 Å². The fourth-order valence-corrected chi connectivity index (χ4v) is 2.43. The van der Waals surface area contributed by atoms with Crippen LogP contribution in [-0.4, -0.2) is 0 Å². The van der Waals surface area contributed by atoms with Gasteiger partial charge in [0.05, 0.1) is 16.3 Å². The van der Waals surface area contributed by atoms with Crippen molar-refractivity contribution in [1.82, 2.24) is 0 Å². The molecule has 90 valence electrons. The molecule has 0 spiro atoms. The van der Waals surface area contributed by atoms with Gasteiger partial charge < -0.3 is 5.32 Å². The van der Waals surface area contributed by atoms with E-state index in [1.54, 1.807) is 30.3 Å². The molecule has 0 aliphatic heterocycles. The molecule has 0 heterocycles. The normalized spacial score (nSPS) is 9.89. The van der Waals surface area contributed by atoms with Gasteiger partial charge >= 0.3 is 0 Å². The Labute approximate surface area is 123 Å². The van der Waals surface area contributed by atoms with E-state index in [-0.39, 0.29) is 0 Å². The van der Waals surface area contributed by atoms with E-state index >= 15 is 0 Å². The lowest BCUT2D eigenvalue weighted by molar-refractivity contribution is 1.47. The molecule has 0 saturated carbocycles. The molecule has 0 atom stereocenters. The largest absolute Gasteiger partial charge is 0.355 e. The monoisotopic (exact) mass is 340 g/mol. The molecule has 0 aliphatic rings. The number of halogens is 3. The molecule has 18 heavy (non-hydrogen) atoms. The van der Waals surface area contributed by atoms with Gasteiger partial charge in [0.25, 0.3) is 0 Å². The zero-order chi connectivity index (χ0) is 13.1. The van der Waals surface area contributed by atoms with Gasteiger partial charge in [-0.15, -0.1) is 0 Å². The summed E-state index contributed by atoms with van der Waals surface area (Å²) in [5, 5.41) is 13.1. The molecule has 2 rings (SSSR count). The third-order valence-corrected chi connectivity index (χ3v) is 3.50. The summed E-state index contributed by atoms with van der Waals surface area (Å²) in [5.41, 5.74) is 2.14. The summed E-state index contributed by atoms with van der Waals surface area (Å²) >= 11 is 15.3. The summed E-state index contributed by atoms with van der Waals surface area (Å²) < 4.78 is 0.857. The molecule has 2 nitrogen and oxygen atoms in total. The lowest BCUT2D eigenvalue weighted by Crippen LogP contribution is -1.92. The van der Waals surface area contributed by atoms with Crippen molar-refractivity contribution < 1.29 is 0 Å². The summed E-state index contributed by atoms with van der Waals surface area (Å²) in [6, 6.07) is 12.7. The van der Waals surface area contributed by atoms with E-state index in [1.807, 2.05) is 12.1 Å². The van der Waals surface area contributed by atoms with Gasteiger partial charge in [-0.3, -0.25) is 0 Å². The first kappa shape index (κ1) is 13.2. The van der Waals surface area contributed by atoms with Crippen LogP contribution in [0.1, 0.15) is 5.56 Å². The van der Waals surface area contributed by atoms with Crippen LogP contribution >= 0.6 is 39.1 Å². The lowest BCUT2D eigenvalue weighted by Gasteiger charge is -2.09. The van der Waals surface area contributed by atoms with Gasteiger partial charge in [0, 0.05) is 15.2 Å². The first-order valence-electron chi connectivity index (χ1n) is 5.02. The van der Waals surface area contributed by atoms with Crippen LogP contribution in [0.2, 0.25) is 10.0 Å². The van der Waals surface area contributed by atoms with E-state index in [0.717, 1.165) is 15.8 Å². The van der Waals surface area contributed by atoms with E-state index in [2.05, 4.69) is 21.2 Å². The van der Waals surface area contributed by atoms with E-state index in [0.29, 0.717) is 15.6 Å². The van der Waals surface area contributed by atoms with E-state index in [1.165, 1.54) is 0 Å². The van der Waals surface area contributed by atoms with E-state index in [9.17, 15) is 0 Å². The highest BCUT2D eigenvalue weighted by atomic mass is 79.9. The molecular weight excluding hydrogens is 335 g/mol. The third-order valence-electron chi connectivity index (χ3n) is 2.30. The smallest absolute Gasteiger partial charge is 0.101 e. The van der Waals surface area contributed by atoms with Gasteiger partial charge in [-0.2, -0.15) is 5.26 Å². The molecule has 0 aromatic heterocycles. The van der Waals surface area contributed by atoms with Gasteiger partial charge in [0.15, 0.2) is 0 Å². The van der Waals surface area contributed by atoms with Crippen LogP contribution in [0.3, 0.4) is 0 Å². The molecule has 5 heteroatoms. The number of benzene rings is 2. The minimum absolute atomic E-state index is 0.424. The van der Waals surface area contributed by atoms with Crippen LogP contribution in [0.15, 0.2) is 40.9 Å². The first-order valence-corrected chi connectivity index (χ1v) is 6.57. The molecule has 0 bridgehead atoms. The van der Waals surface area contributed by atoms with Crippen molar-refractivity contribution in [3.05, 3.63) is 56.5 Å². The second kappa shape index (κ2) is 5.62. The Morgan fingerprint density at radius 2 is 1.89 bits per heavy atom. The summed E-state index contributed by atoms with van der Waals surface area (Å²) in [7, 11) is 0. The Kier molecular flexibility index (Phi) is 4.13. The SMILES string of the molecule is N#Cc1ccc(Nc2ccc(Cl)cc2Br)cc1Cl. The number of nitrogens with zero attached hydrogens (tertiary/aromatic N) is 1. The average Bonchev–Trinajstić information content (AvgIpc) is 2.33. The Morgan fingerprint density at radius 1 is 1.11 bits per heavy atom.